The quantitative estimate of drug-likeness (QED) is 0.0358. The van der Waals surface area contributed by atoms with Crippen LogP contribution in [-0.2, 0) is 29.2 Å². The van der Waals surface area contributed by atoms with Crippen molar-refractivity contribution in [3.63, 3.8) is 0 Å². The van der Waals surface area contributed by atoms with Gasteiger partial charge in [-0.1, -0.05) is 206 Å². The Kier molecular flexibility index (Phi) is 34.8. The maximum Gasteiger partial charge on any atom is 0.323 e. The molecule has 0 N–H and O–H groups in total. The van der Waals surface area contributed by atoms with Crippen LogP contribution < -0.4 is 0 Å². The van der Waals surface area contributed by atoms with Crippen LogP contribution in [0.25, 0.3) is 0 Å². The molecule has 0 heterocycles. The second-order valence-electron chi connectivity index (χ2n) is 14.2. The molecule has 0 aliphatic carbocycles. The van der Waals surface area contributed by atoms with Crippen LogP contribution in [0.5, 0.6) is 0 Å². The predicted molar refractivity (Wildman–Crippen MR) is 199 cm³/mol. The smallest absolute Gasteiger partial charge is 0.323 e. The van der Waals surface area contributed by atoms with Crippen molar-refractivity contribution >= 4 is 22.1 Å². The molecule has 286 valence electrons. The van der Waals surface area contributed by atoms with E-state index in [9.17, 15) is 22.6 Å². The average molecular weight is 702 g/mol. The van der Waals surface area contributed by atoms with Gasteiger partial charge in [0.1, 0.15) is 10.1 Å². The Morgan fingerprint density at radius 3 is 0.958 bits per heavy atom. The van der Waals surface area contributed by atoms with E-state index >= 15 is 0 Å². The highest BCUT2D eigenvalue weighted by Gasteiger charge is 2.30. The number of carbonyl (C=O) groups excluding carboxylic acids is 2. The summed E-state index contributed by atoms with van der Waals surface area (Å²) in [5, 5.41) is -2.04. The Labute approximate surface area is 297 Å². The highest BCUT2D eigenvalue weighted by Crippen LogP contribution is 2.16. The van der Waals surface area contributed by atoms with Crippen LogP contribution in [0, 0.1) is 0 Å². The van der Waals surface area contributed by atoms with Crippen LogP contribution in [0.1, 0.15) is 226 Å². The summed E-state index contributed by atoms with van der Waals surface area (Å²) in [5.41, 5.74) is 0. The molecule has 0 aromatic carbocycles. The lowest BCUT2D eigenvalue weighted by Crippen LogP contribution is -2.34. The van der Waals surface area contributed by atoms with Gasteiger partial charge in [-0.3, -0.25) is 9.59 Å². The summed E-state index contributed by atoms with van der Waals surface area (Å²) < 4.78 is 45.2. The zero-order chi connectivity index (χ0) is 35.4. The fourth-order valence-corrected chi connectivity index (χ4v) is 6.91. The Hall–Kier alpha value is -1.15. The van der Waals surface area contributed by atoms with Gasteiger partial charge in [0.05, 0.1) is 19.6 Å². The minimum absolute atomic E-state index is 0.0531. The fourth-order valence-electron chi connectivity index (χ4n) is 6.27. The normalized spacial score (nSPS) is 12.3. The van der Waals surface area contributed by atoms with E-state index in [2.05, 4.69) is 13.8 Å². The Balaban J connectivity index is 3.72. The van der Waals surface area contributed by atoms with Crippen molar-refractivity contribution in [1.82, 2.24) is 0 Å². The first-order valence-corrected chi connectivity index (χ1v) is 22.1. The molecule has 0 amide bonds. The summed E-state index contributed by atoms with van der Waals surface area (Å²) in [5.74, 6) is -2.00. The van der Waals surface area contributed by atoms with Crippen LogP contribution >= 0.6 is 0 Å². The van der Waals surface area contributed by atoms with E-state index in [0.29, 0.717) is 12.8 Å². The Bertz CT molecular complexity index is 814. The van der Waals surface area contributed by atoms with Gasteiger partial charge in [0.15, 0.2) is 5.25 Å². The second kappa shape index (κ2) is 35.7. The van der Waals surface area contributed by atoms with Crippen LogP contribution in [0.15, 0.2) is 0 Å². The number of unbranched alkanes of at least 4 members (excludes halogenated alkanes) is 30. The van der Waals surface area contributed by atoms with Gasteiger partial charge in [0.2, 0.25) is 0 Å². The number of hydrogen-bond acceptors (Lipinski definition) is 7. The van der Waals surface area contributed by atoms with Gasteiger partial charge >= 0.3 is 11.9 Å². The lowest BCUT2D eigenvalue weighted by atomic mass is 10.0. The van der Waals surface area contributed by atoms with E-state index in [4.69, 9.17) is 9.47 Å². The summed E-state index contributed by atoms with van der Waals surface area (Å²) in [6.45, 7) is 4.73. The molecule has 0 radical (unpaired) electrons. The molecule has 7 nitrogen and oxygen atoms in total. The van der Waals surface area contributed by atoms with E-state index in [1.165, 1.54) is 154 Å². The number of carbonyl (C=O) groups is 2. The highest BCUT2D eigenvalue weighted by atomic mass is 32.2. The predicted octanol–water partition coefficient (Wildman–Crippen LogP) is 11.9. The summed E-state index contributed by atoms with van der Waals surface area (Å²) >= 11 is 0. The lowest BCUT2D eigenvalue weighted by molar-refractivity contribution is -0.150. The summed E-state index contributed by atoms with van der Waals surface area (Å²) in [6, 6.07) is 0. The summed E-state index contributed by atoms with van der Waals surface area (Å²) in [7, 11) is -5.02. The third-order valence-corrected chi connectivity index (χ3v) is 10.5. The maximum atomic E-state index is 12.3. The monoisotopic (exact) mass is 702 g/mol. The Morgan fingerprint density at radius 1 is 0.438 bits per heavy atom. The molecule has 0 aliphatic rings. The number of hydrogen-bond donors (Lipinski definition) is 0. The van der Waals surface area contributed by atoms with Gasteiger partial charge in [-0.15, -0.1) is 0 Å². The van der Waals surface area contributed by atoms with Gasteiger partial charge in [-0.05, 0) is 12.8 Å². The van der Waals surface area contributed by atoms with E-state index < -0.39 is 33.7 Å². The molecule has 0 spiro atoms. The van der Waals surface area contributed by atoms with Crippen LogP contribution in [0.3, 0.4) is 0 Å². The molecule has 0 bridgehead atoms. The molecule has 48 heavy (non-hydrogen) atoms. The molecule has 0 saturated carbocycles. The second-order valence-corrected chi connectivity index (χ2v) is 15.7. The molecule has 0 saturated heterocycles. The minimum atomic E-state index is -5.02. The Morgan fingerprint density at radius 2 is 0.688 bits per heavy atom. The van der Waals surface area contributed by atoms with Crippen molar-refractivity contribution in [3.8, 4) is 0 Å². The third-order valence-electron chi connectivity index (χ3n) is 9.47. The third kappa shape index (κ3) is 33.4. The molecule has 0 rings (SSSR count). The first kappa shape index (κ1) is 46.9. The molecule has 0 aliphatic heterocycles. The van der Waals surface area contributed by atoms with E-state index in [1.807, 2.05) is 0 Å². The van der Waals surface area contributed by atoms with Crippen molar-refractivity contribution in [2.75, 3.05) is 13.2 Å². The van der Waals surface area contributed by atoms with Crippen LogP contribution in [-0.4, -0.2) is 43.4 Å². The van der Waals surface area contributed by atoms with Crippen molar-refractivity contribution in [2.24, 2.45) is 0 Å². The zero-order valence-electron chi connectivity index (χ0n) is 31.6. The van der Waals surface area contributed by atoms with E-state index in [1.54, 1.807) is 0 Å². The van der Waals surface area contributed by atoms with Gasteiger partial charge < -0.3 is 14.0 Å². The largest absolute Gasteiger partial charge is 0.747 e. The first-order chi connectivity index (χ1) is 23.3. The lowest BCUT2D eigenvalue weighted by Gasteiger charge is -2.18. The molecule has 0 fully saturated rings. The standard InChI is InChI=1S/C40H78O7S/c1-3-5-7-9-11-13-15-17-19-21-23-25-27-29-31-33-35-46-39(41)37-38(48(43,44)45)40(42)47-36-34-32-30-28-26-24-22-20-18-16-14-12-10-8-6-4-2/h38H,3-37H2,1-2H3,(H,43,44,45)/p-1. The van der Waals surface area contributed by atoms with Gasteiger partial charge in [0, 0.05) is 0 Å². The van der Waals surface area contributed by atoms with Crippen LogP contribution in [0.4, 0.5) is 0 Å². The first-order valence-electron chi connectivity index (χ1n) is 20.6. The molecule has 1 atom stereocenters. The molecular formula is C40H77O7S-. The molecule has 0 aromatic heterocycles. The molecule has 0 aromatic rings. The van der Waals surface area contributed by atoms with Crippen LogP contribution in [0.2, 0.25) is 0 Å². The SMILES string of the molecule is CCCCCCCCCCCCCCCCCCOC(=O)CC(C(=O)OCCCCCCCCCCCCCCCCCC)S(=O)(=O)[O-]. The number of rotatable bonds is 38. The van der Waals surface area contributed by atoms with Gasteiger partial charge in [-0.25, -0.2) is 8.42 Å². The molecule has 8 heteroatoms. The topological polar surface area (TPSA) is 110 Å². The zero-order valence-corrected chi connectivity index (χ0v) is 32.4. The van der Waals surface area contributed by atoms with Crippen molar-refractivity contribution in [3.05, 3.63) is 0 Å². The van der Waals surface area contributed by atoms with Crippen molar-refractivity contribution in [1.29, 1.82) is 0 Å². The van der Waals surface area contributed by atoms with E-state index in [-0.39, 0.29) is 13.2 Å². The molecular weight excluding hydrogens is 625 g/mol. The number of esters is 2. The number of ether oxygens (including phenoxy) is 2. The van der Waals surface area contributed by atoms with Crippen molar-refractivity contribution < 1.29 is 32.0 Å². The maximum absolute atomic E-state index is 12.3. The van der Waals surface area contributed by atoms with Gasteiger partial charge in [-0.2, -0.15) is 0 Å². The van der Waals surface area contributed by atoms with Gasteiger partial charge in [0.25, 0.3) is 0 Å². The van der Waals surface area contributed by atoms with E-state index in [0.717, 1.165) is 38.5 Å². The molecule has 1 unspecified atom stereocenters. The summed E-state index contributed by atoms with van der Waals surface area (Å²) in [4.78, 5) is 24.5. The summed E-state index contributed by atoms with van der Waals surface area (Å²) in [6.07, 6.45) is 38.8. The average Bonchev–Trinajstić information content (AvgIpc) is 3.05. The van der Waals surface area contributed by atoms with Crippen molar-refractivity contribution in [2.45, 2.75) is 231 Å². The minimum Gasteiger partial charge on any atom is -0.747 e. The fraction of sp³-hybridized carbons (Fsp3) is 0.950. The highest BCUT2D eigenvalue weighted by molar-refractivity contribution is 7.87.